The van der Waals surface area contributed by atoms with E-state index in [1.807, 2.05) is 42.6 Å². The summed E-state index contributed by atoms with van der Waals surface area (Å²) in [7, 11) is 0. The highest BCUT2D eigenvalue weighted by Gasteiger charge is 2.22. The first kappa shape index (κ1) is 13.5. The van der Waals surface area contributed by atoms with E-state index in [2.05, 4.69) is 9.97 Å². The number of anilines is 2. The number of hydrogen-bond acceptors (Lipinski definition) is 4. The van der Waals surface area contributed by atoms with Crippen molar-refractivity contribution in [2.45, 2.75) is 6.92 Å². The van der Waals surface area contributed by atoms with Crippen LogP contribution in [0.1, 0.15) is 16.2 Å². The van der Waals surface area contributed by atoms with E-state index in [0.29, 0.717) is 10.8 Å². The average molecular weight is 295 g/mol. The van der Waals surface area contributed by atoms with Crippen molar-refractivity contribution in [3.63, 3.8) is 0 Å². The molecule has 1 amide bonds. The summed E-state index contributed by atoms with van der Waals surface area (Å²) in [6.07, 6.45) is 1.61. The summed E-state index contributed by atoms with van der Waals surface area (Å²) in [5, 5.41) is 2.58. The van der Waals surface area contributed by atoms with Gasteiger partial charge in [-0.15, -0.1) is 11.3 Å². The topological polar surface area (TPSA) is 46.1 Å². The summed E-state index contributed by atoms with van der Waals surface area (Å²) >= 11 is 1.44. The molecule has 0 aliphatic rings. The van der Waals surface area contributed by atoms with Crippen LogP contribution in [0.3, 0.4) is 0 Å². The summed E-state index contributed by atoms with van der Waals surface area (Å²) in [6, 6.07) is 14.8. The Kier molecular flexibility index (Phi) is 3.75. The van der Waals surface area contributed by atoms with Gasteiger partial charge in [0, 0.05) is 11.6 Å². The molecule has 4 nitrogen and oxygen atoms in total. The Balaban J connectivity index is 2.07. The predicted molar refractivity (Wildman–Crippen MR) is 84.0 cm³/mol. The second-order valence-electron chi connectivity index (χ2n) is 4.46. The third-order valence-electron chi connectivity index (χ3n) is 2.90. The lowest BCUT2D eigenvalue weighted by Gasteiger charge is -2.19. The van der Waals surface area contributed by atoms with E-state index in [0.717, 1.165) is 11.4 Å². The highest BCUT2D eigenvalue weighted by atomic mass is 32.1. The van der Waals surface area contributed by atoms with Crippen molar-refractivity contribution < 1.29 is 4.79 Å². The molecule has 104 valence electrons. The summed E-state index contributed by atoms with van der Waals surface area (Å²) in [4.78, 5) is 23.0. The molecule has 0 aliphatic carbocycles. The number of para-hydroxylation sites is 1. The van der Waals surface area contributed by atoms with Gasteiger partial charge >= 0.3 is 0 Å². The van der Waals surface area contributed by atoms with Crippen LogP contribution in [0.2, 0.25) is 0 Å². The Morgan fingerprint density at radius 2 is 1.86 bits per heavy atom. The standard InChI is InChI=1S/C16H13N3OS/c1-12-11-21-16(18-12)19(13-7-3-2-4-8-13)15(20)14-9-5-6-10-17-14/h2-11H,1H3. The molecule has 2 aromatic heterocycles. The Labute approximate surface area is 126 Å². The minimum atomic E-state index is -0.184. The smallest absolute Gasteiger partial charge is 0.266 e. The number of carbonyl (C=O) groups is 1. The summed E-state index contributed by atoms with van der Waals surface area (Å²) < 4.78 is 0. The van der Waals surface area contributed by atoms with Gasteiger partial charge in [-0.2, -0.15) is 0 Å². The van der Waals surface area contributed by atoms with Crippen LogP contribution < -0.4 is 4.90 Å². The van der Waals surface area contributed by atoms with Gasteiger partial charge in [-0.05, 0) is 31.2 Å². The number of nitrogens with zero attached hydrogens (tertiary/aromatic N) is 3. The number of amides is 1. The molecule has 0 radical (unpaired) electrons. The fourth-order valence-electron chi connectivity index (χ4n) is 1.94. The molecule has 0 unspecified atom stereocenters. The quantitative estimate of drug-likeness (QED) is 0.738. The SMILES string of the molecule is Cc1csc(N(C(=O)c2ccccn2)c2ccccc2)n1. The molecule has 0 fully saturated rings. The Hall–Kier alpha value is -2.53. The Morgan fingerprint density at radius 1 is 1.10 bits per heavy atom. The molecule has 0 aliphatic heterocycles. The first-order chi connectivity index (χ1) is 10.3. The molecular formula is C16H13N3OS. The zero-order chi connectivity index (χ0) is 14.7. The number of rotatable bonds is 3. The van der Waals surface area contributed by atoms with Gasteiger partial charge in [-0.3, -0.25) is 14.7 Å². The van der Waals surface area contributed by atoms with Gasteiger partial charge in [0.05, 0.1) is 11.4 Å². The molecule has 0 saturated heterocycles. The lowest BCUT2D eigenvalue weighted by atomic mass is 10.2. The van der Waals surface area contributed by atoms with E-state index < -0.39 is 0 Å². The minimum Gasteiger partial charge on any atom is -0.266 e. The normalized spacial score (nSPS) is 10.3. The van der Waals surface area contributed by atoms with E-state index in [9.17, 15) is 4.79 Å². The van der Waals surface area contributed by atoms with Crippen LogP contribution in [0.25, 0.3) is 0 Å². The second-order valence-corrected chi connectivity index (χ2v) is 5.30. The highest BCUT2D eigenvalue weighted by molar-refractivity contribution is 7.14. The van der Waals surface area contributed by atoms with E-state index >= 15 is 0 Å². The van der Waals surface area contributed by atoms with E-state index in [-0.39, 0.29) is 5.91 Å². The van der Waals surface area contributed by atoms with Crippen molar-refractivity contribution in [3.05, 3.63) is 71.5 Å². The average Bonchev–Trinajstić information content (AvgIpc) is 2.95. The lowest BCUT2D eigenvalue weighted by molar-refractivity contribution is 0.0994. The molecule has 0 spiro atoms. The van der Waals surface area contributed by atoms with Crippen molar-refractivity contribution >= 4 is 28.1 Å². The number of hydrogen-bond donors (Lipinski definition) is 0. The van der Waals surface area contributed by atoms with Crippen LogP contribution in [0.4, 0.5) is 10.8 Å². The Bertz CT molecular complexity index is 740. The maximum absolute atomic E-state index is 12.8. The van der Waals surface area contributed by atoms with E-state index in [1.165, 1.54) is 11.3 Å². The number of thiazole rings is 1. The summed E-state index contributed by atoms with van der Waals surface area (Å²) in [6.45, 7) is 1.91. The van der Waals surface area contributed by atoms with Crippen LogP contribution in [0, 0.1) is 6.92 Å². The van der Waals surface area contributed by atoms with Crippen molar-refractivity contribution in [3.8, 4) is 0 Å². The molecule has 2 heterocycles. The molecule has 3 rings (SSSR count). The third kappa shape index (κ3) is 2.83. The molecule has 0 saturated carbocycles. The van der Waals surface area contributed by atoms with Gasteiger partial charge in [0.15, 0.2) is 5.13 Å². The van der Waals surface area contributed by atoms with Crippen LogP contribution in [0.15, 0.2) is 60.1 Å². The first-order valence-corrected chi connectivity index (χ1v) is 7.36. The zero-order valence-electron chi connectivity index (χ0n) is 11.4. The Morgan fingerprint density at radius 3 is 2.48 bits per heavy atom. The molecule has 5 heteroatoms. The first-order valence-electron chi connectivity index (χ1n) is 6.48. The van der Waals surface area contributed by atoms with Crippen molar-refractivity contribution in [1.29, 1.82) is 0 Å². The molecule has 3 aromatic rings. The lowest BCUT2D eigenvalue weighted by Crippen LogP contribution is -2.26. The van der Waals surface area contributed by atoms with Gasteiger partial charge in [0.25, 0.3) is 5.91 Å². The molecule has 0 bridgehead atoms. The fourth-order valence-corrected chi connectivity index (χ4v) is 2.76. The van der Waals surface area contributed by atoms with Crippen molar-refractivity contribution in [1.82, 2.24) is 9.97 Å². The maximum atomic E-state index is 12.8. The molecule has 0 atom stereocenters. The molecular weight excluding hydrogens is 282 g/mol. The second kappa shape index (κ2) is 5.85. The van der Waals surface area contributed by atoms with Crippen LogP contribution >= 0.6 is 11.3 Å². The molecule has 1 aromatic carbocycles. The van der Waals surface area contributed by atoms with Crippen LogP contribution in [-0.2, 0) is 0 Å². The monoisotopic (exact) mass is 295 g/mol. The van der Waals surface area contributed by atoms with Crippen molar-refractivity contribution in [2.75, 3.05) is 4.90 Å². The summed E-state index contributed by atoms with van der Waals surface area (Å²) in [5.41, 5.74) is 2.07. The fraction of sp³-hybridized carbons (Fsp3) is 0.0625. The minimum absolute atomic E-state index is 0.184. The number of aryl methyl sites for hydroxylation is 1. The van der Waals surface area contributed by atoms with Gasteiger partial charge < -0.3 is 0 Å². The predicted octanol–water partition coefficient (Wildman–Crippen LogP) is 3.83. The molecule has 0 N–H and O–H groups in total. The highest BCUT2D eigenvalue weighted by Crippen LogP contribution is 2.29. The molecule has 21 heavy (non-hydrogen) atoms. The van der Waals surface area contributed by atoms with E-state index in [1.54, 1.807) is 29.3 Å². The van der Waals surface area contributed by atoms with Gasteiger partial charge in [0.2, 0.25) is 0 Å². The van der Waals surface area contributed by atoms with Crippen LogP contribution in [-0.4, -0.2) is 15.9 Å². The number of carbonyl (C=O) groups excluding carboxylic acids is 1. The zero-order valence-corrected chi connectivity index (χ0v) is 12.2. The number of aromatic nitrogens is 2. The van der Waals surface area contributed by atoms with Crippen LogP contribution in [0.5, 0.6) is 0 Å². The number of benzene rings is 1. The largest absolute Gasteiger partial charge is 0.283 e. The van der Waals surface area contributed by atoms with Gasteiger partial charge in [-0.25, -0.2) is 4.98 Å². The van der Waals surface area contributed by atoms with Crippen molar-refractivity contribution in [2.24, 2.45) is 0 Å². The summed E-state index contributed by atoms with van der Waals surface area (Å²) in [5.74, 6) is -0.184. The maximum Gasteiger partial charge on any atom is 0.283 e. The third-order valence-corrected chi connectivity index (χ3v) is 3.84. The number of pyridine rings is 1. The van der Waals surface area contributed by atoms with E-state index in [4.69, 9.17) is 0 Å². The van der Waals surface area contributed by atoms with Gasteiger partial charge in [-0.1, -0.05) is 24.3 Å². The van der Waals surface area contributed by atoms with Gasteiger partial charge in [0.1, 0.15) is 5.69 Å².